The van der Waals surface area contributed by atoms with Crippen LogP contribution in [-0.4, -0.2) is 28.6 Å². The number of hydrogen-bond donors (Lipinski definition) is 1. The van der Waals surface area contributed by atoms with Crippen LogP contribution in [0.5, 0.6) is 0 Å². The zero-order chi connectivity index (χ0) is 21.5. The molecule has 5 rings (SSSR count). The second-order valence-corrected chi connectivity index (χ2v) is 11.7. The number of aliphatic carboxylic acids is 1. The van der Waals surface area contributed by atoms with Crippen LogP contribution in [0.15, 0.2) is 11.6 Å². The Balaban J connectivity index is 1.47. The average Bonchev–Trinajstić information content (AvgIpc) is 3.35. The average molecular weight is 415 g/mol. The van der Waals surface area contributed by atoms with E-state index < -0.39 is 5.97 Å². The van der Waals surface area contributed by atoms with E-state index in [4.69, 9.17) is 9.84 Å². The highest BCUT2D eigenvalue weighted by atomic mass is 16.6. The number of carboxylic acids is 1. The SMILES string of the molecule is CC[C@]12O[C@H]1C1C3CCC([C@H](C)CCC(=O)O)[C@@]3(C)CCC1[C@@]1(C)CCC(=O)C=C12. The summed E-state index contributed by atoms with van der Waals surface area (Å²) in [5, 5.41) is 9.16. The molecule has 0 aromatic rings. The zero-order valence-corrected chi connectivity index (χ0v) is 19.1. The maximum Gasteiger partial charge on any atom is 0.303 e. The minimum absolute atomic E-state index is 0.107. The van der Waals surface area contributed by atoms with Crippen LogP contribution in [0.4, 0.5) is 0 Å². The molecule has 9 atom stereocenters. The third kappa shape index (κ3) is 2.61. The first-order valence-electron chi connectivity index (χ1n) is 12.3. The van der Waals surface area contributed by atoms with E-state index in [9.17, 15) is 9.59 Å². The van der Waals surface area contributed by atoms with Crippen molar-refractivity contribution in [2.45, 2.75) is 97.2 Å². The summed E-state index contributed by atoms with van der Waals surface area (Å²) < 4.78 is 6.60. The molecule has 5 aliphatic rings. The van der Waals surface area contributed by atoms with Gasteiger partial charge in [0.05, 0.1) is 6.10 Å². The highest BCUT2D eigenvalue weighted by molar-refractivity contribution is 5.92. The Bertz CT molecular complexity index is 801. The third-order valence-electron chi connectivity index (χ3n) is 10.6. The first-order valence-corrected chi connectivity index (χ1v) is 12.3. The smallest absolute Gasteiger partial charge is 0.303 e. The Morgan fingerprint density at radius 3 is 2.70 bits per heavy atom. The van der Waals surface area contributed by atoms with Gasteiger partial charge in [-0.25, -0.2) is 0 Å². The molecule has 1 saturated heterocycles. The fourth-order valence-corrected chi connectivity index (χ4v) is 9.07. The van der Waals surface area contributed by atoms with Gasteiger partial charge in [-0.05, 0) is 97.0 Å². The molecule has 0 spiro atoms. The second kappa shape index (κ2) is 6.67. The van der Waals surface area contributed by atoms with Gasteiger partial charge in [-0.15, -0.1) is 0 Å². The molecule has 1 N–H and O–H groups in total. The molecule has 0 amide bonds. The minimum Gasteiger partial charge on any atom is -0.481 e. The van der Waals surface area contributed by atoms with Gasteiger partial charge in [0.1, 0.15) is 5.60 Å². The standard InChI is InChI=1S/C26H38O4/c1-5-26-20-14-16(27)10-12-25(20,4)19-11-13-24(3)17(15(2)6-9-21(28)29)7-8-18(24)22(19)23(26)30-26/h14-15,17-19,22-23H,5-13H2,1-4H3,(H,28,29)/t15-,17?,18?,19?,22?,23+,24-,25-,26-/m1/s1. The largest absolute Gasteiger partial charge is 0.481 e. The Morgan fingerprint density at radius 1 is 1.23 bits per heavy atom. The monoisotopic (exact) mass is 414 g/mol. The Hall–Kier alpha value is -1.16. The van der Waals surface area contributed by atoms with Crippen molar-refractivity contribution in [3.05, 3.63) is 11.6 Å². The first-order chi connectivity index (χ1) is 14.2. The normalized spacial score (nSPS) is 49.9. The number of ether oxygens (including phenoxy) is 1. The van der Waals surface area contributed by atoms with E-state index in [1.54, 1.807) is 0 Å². The van der Waals surface area contributed by atoms with Gasteiger partial charge in [0.25, 0.3) is 0 Å². The van der Waals surface area contributed by atoms with Gasteiger partial charge in [-0.2, -0.15) is 0 Å². The number of hydrogen-bond acceptors (Lipinski definition) is 3. The van der Waals surface area contributed by atoms with Crippen LogP contribution in [0.25, 0.3) is 0 Å². The van der Waals surface area contributed by atoms with E-state index in [1.165, 1.54) is 31.3 Å². The van der Waals surface area contributed by atoms with Crippen molar-refractivity contribution in [1.82, 2.24) is 0 Å². The highest BCUT2D eigenvalue weighted by Gasteiger charge is 2.75. The van der Waals surface area contributed by atoms with Crippen LogP contribution in [0, 0.1) is 40.4 Å². The predicted molar refractivity (Wildman–Crippen MR) is 115 cm³/mol. The number of epoxide rings is 1. The summed E-state index contributed by atoms with van der Waals surface area (Å²) >= 11 is 0. The first kappa shape index (κ1) is 20.7. The van der Waals surface area contributed by atoms with Crippen LogP contribution >= 0.6 is 0 Å². The lowest BCUT2D eigenvalue weighted by molar-refractivity contribution is -0.137. The van der Waals surface area contributed by atoms with Crippen molar-refractivity contribution in [3.63, 3.8) is 0 Å². The molecule has 0 aromatic heterocycles. The molecule has 0 bridgehead atoms. The summed E-state index contributed by atoms with van der Waals surface area (Å²) in [7, 11) is 0. The topological polar surface area (TPSA) is 66.9 Å². The molecule has 4 unspecified atom stereocenters. The number of rotatable bonds is 5. The number of ketones is 1. The van der Waals surface area contributed by atoms with E-state index in [1.807, 2.05) is 6.08 Å². The van der Waals surface area contributed by atoms with Crippen LogP contribution in [0.1, 0.15) is 85.5 Å². The summed E-state index contributed by atoms with van der Waals surface area (Å²) in [6.45, 7) is 9.46. The second-order valence-electron chi connectivity index (χ2n) is 11.7. The lowest BCUT2D eigenvalue weighted by Gasteiger charge is -2.58. The molecule has 4 nitrogen and oxygen atoms in total. The predicted octanol–water partition coefficient (Wildman–Crippen LogP) is 5.40. The molecule has 4 fully saturated rings. The molecule has 4 heteroatoms. The van der Waals surface area contributed by atoms with Gasteiger partial charge < -0.3 is 9.84 Å². The lowest BCUT2D eigenvalue weighted by Crippen LogP contribution is -2.56. The molecule has 1 heterocycles. The van der Waals surface area contributed by atoms with Crippen molar-refractivity contribution in [3.8, 4) is 0 Å². The molecular formula is C26H38O4. The van der Waals surface area contributed by atoms with Crippen molar-refractivity contribution < 1.29 is 19.4 Å². The number of carbonyl (C=O) groups excluding carboxylic acids is 1. The Morgan fingerprint density at radius 2 is 2.00 bits per heavy atom. The van der Waals surface area contributed by atoms with Gasteiger partial charge in [-0.3, -0.25) is 9.59 Å². The summed E-state index contributed by atoms with van der Waals surface area (Å²) in [5.41, 5.74) is 1.55. The van der Waals surface area contributed by atoms with Crippen molar-refractivity contribution in [1.29, 1.82) is 0 Å². The van der Waals surface area contributed by atoms with E-state index >= 15 is 0 Å². The van der Waals surface area contributed by atoms with Gasteiger partial charge in [-0.1, -0.05) is 27.7 Å². The van der Waals surface area contributed by atoms with E-state index in [0.717, 1.165) is 19.3 Å². The van der Waals surface area contributed by atoms with Crippen LogP contribution in [0.2, 0.25) is 0 Å². The van der Waals surface area contributed by atoms with E-state index in [2.05, 4.69) is 27.7 Å². The van der Waals surface area contributed by atoms with Gasteiger partial charge in [0.15, 0.2) is 5.78 Å². The summed E-state index contributed by atoms with van der Waals surface area (Å²) in [6.07, 6.45) is 10.9. The third-order valence-corrected chi connectivity index (χ3v) is 10.6. The molecule has 166 valence electrons. The summed E-state index contributed by atoms with van der Waals surface area (Å²) in [4.78, 5) is 23.5. The molecule has 1 aliphatic heterocycles. The maximum absolute atomic E-state index is 12.3. The molecule has 0 radical (unpaired) electrons. The zero-order valence-electron chi connectivity index (χ0n) is 19.1. The van der Waals surface area contributed by atoms with E-state index in [-0.39, 0.29) is 29.3 Å². The van der Waals surface area contributed by atoms with Crippen LogP contribution in [-0.2, 0) is 14.3 Å². The number of fused-ring (bicyclic) bond motifs is 8. The van der Waals surface area contributed by atoms with E-state index in [0.29, 0.717) is 41.4 Å². The summed E-state index contributed by atoms with van der Waals surface area (Å²) in [6, 6.07) is 0. The number of carboxylic acid groups (broad SMARTS) is 1. The molecular weight excluding hydrogens is 376 g/mol. The quantitative estimate of drug-likeness (QED) is 0.612. The fourth-order valence-electron chi connectivity index (χ4n) is 9.07. The van der Waals surface area contributed by atoms with Gasteiger partial charge in [0.2, 0.25) is 0 Å². The lowest BCUT2D eigenvalue weighted by atomic mass is 9.44. The molecule has 3 saturated carbocycles. The fraction of sp³-hybridized carbons (Fsp3) is 0.846. The molecule has 4 aliphatic carbocycles. The minimum atomic E-state index is -0.671. The van der Waals surface area contributed by atoms with Crippen LogP contribution in [0.3, 0.4) is 0 Å². The molecule has 30 heavy (non-hydrogen) atoms. The summed E-state index contributed by atoms with van der Waals surface area (Å²) in [5.74, 6) is 2.59. The Labute approximate surface area is 180 Å². The van der Waals surface area contributed by atoms with Gasteiger partial charge >= 0.3 is 5.97 Å². The van der Waals surface area contributed by atoms with Crippen molar-refractivity contribution in [2.75, 3.05) is 0 Å². The molecule has 0 aromatic carbocycles. The maximum atomic E-state index is 12.3. The van der Waals surface area contributed by atoms with Gasteiger partial charge in [0, 0.05) is 12.8 Å². The van der Waals surface area contributed by atoms with Crippen molar-refractivity contribution >= 4 is 11.8 Å². The number of carbonyl (C=O) groups is 2. The van der Waals surface area contributed by atoms with Crippen molar-refractivity contribution in [2.24, 2.45) is 40.4 Å². The van der Waals surface area contributed by atoms with Crippen LogP contribution < -0.4 is 0 Å². The highest BCUT2D eigenvalue weighted by Crippen LogP contribution is 2.74. The Kier molecular flexibility index (Phi) is 4.61.